The summed E-state index contributed by atoms with van der Waals surface area (Å²) in [5.74, 6) is -0.730. The Labute approximate surface area is 199 Å². The van der Waals surface area contributed by atoms with E-state index in [0.29, 0.717) is 25.7 Å². The summed E-state index contributed by atoms with van der Waals surface area (Å²) >= 11 is 5.65. The van der Waals surface area contributed by atoms with Gasteiger partial charge in [-0.05, 0) is 19.8 Å². The molecule has 178 valence electrons. The smallest absolute Gasteiger partial charge is 0.380 e. The number of carbonyl (C=O) groups is 3. The van der Waals surface area contributed by atoms with Gasteiger partial charge in [-0.3, -0.25) is 9.59 Å². The molecule has 0 aliphatic carbocycles. The molecule has 1 saturated heterocycles. The van der Waals surface area contributed by atoms with Gasteiger partial charge in [0.1, 0.15) is 12.4 Å². The average Bonchev–Trinajstić information content (AvgIpc) is 2.55. The van der Waals surface area contributed by atoms with E-state index in [0.717, 1.165) is 6.29 Å². The molecule has 0 radical (unpaired) electrons. The van der Waals surface area contributed by atoms with Gasteiger partial charge in [0.2, 0.25) is 0 Å². The highest BCUT2D eigenvalue weighted by Crippen LogP contribution is 2.48. The molecule has 0 saturated carbocycles. The fourth-order valence-electron chi connectivity index (χ4n) is 3.86. The molecule has 0 N–H and O–H groups in total. The lowest BCUT2D eigenvalue weighted by atomic mass is 9.66. The van der Waals surface area contributed by atoms with Crippen LogP contribution < -0.4 is 0 Å². The van der Waals surface area contributed by atoms with Gasteiger partial charge >= 0.3 is 11.9 Å². The van der Waals surface area contributed by atoms with E-state index in [1.165, 1.54) is 18.7 Å². The molecule has 0 aromatic carbocycles. The van der Waals surface area contributed by atoms with Crippen molar-refractivity contribution in [2.24, 2.45) is 5.41 Å². The van der Waals surface area contributed by atoms with Crippen LogP contribution in [0.5, 0.6) is 0 Å². The van der Waals surface area contributed by atoms with Gasteiger partial charge < -0.3 is 18.9 Å². The normalized spacial score (nSPS) is 26.7. The minimum absolute atomic E-state index is 0.120. The highest BCUT2D eigenvalue weighted by molar-refractivity contribution is 8.23. The van der Waals surface area contributed by atoms with Crippen LogP contribution in [-0.2, 0) is 28.5 Å². The third-order valence-corrected chi connectivity index (χ3v) is 7.12. The molecule has 0 spiro atoms. The first-order valence-electron chi connectivity index (χ1n) is 10.7. The summed E-state index contributed by atoms with van der Waals surface area (Å²) in [6, 6.07) is 0. The van der Waals surface area contributed by atoms with Crippen molar-refractivity contribution in [3.8, 4) is 0 Å². The zero-order valence-electron chi connectivity index (χ0n) is 19.8. The van der Waals surface area contributed by atoms with Gasteiger partial charge in [-0.2, -0.15) is 12.5 Å². The summed E-state index contributed by atoms with van der Waals surface area (Å²) in [4.78, 5) is 35.5. The minimum atomic E-state index is -0.790. The molecule has 1 fully saturated rings. The molecule has 0 amide bonds. The minimum Gasteiger partial charge on any atom is -0.462 e. The number of carbonyl (C=O) groups excluding carboxylic acids is 3. The van der Waals surface area contributed by atoms with Crippen molar-refractivity contribution >= 4 is 56.6 Å². The first-order chi connectivity index (χ1) is 14.1. The predicted octanol–water partition coefficient (Wildman–Crippen LogP) is 4.48. The first kappa shape index (κ1) is 29.0. The van der Waals surface area contributed by atoms with Crippen molar-refractivity contribution in [1.82, 2.24) is 0 Å². The predicted molar refractivity (Wildman–Crippen MR) is 133 cm³/mol. The van der Waals surface area contributed by atoms with Crippen LogP contribution in [0, 0.1) is 5.41 Å². The number of esters is 1. The molecule has 0 aromatic rings. The average molecular weight is 492 g/mol. The van der Waals surface area contributed by atoms with Crippen LogP contribution in [0.3, 0.4) is 0 Å². The van der Waals surface area contributed by atoms with E-state index in [4.69, 9.17) is 14.1 Å². The lowest BCUT2D eigenvalue weighted by Crippen LogP contribution is -2.59. The zero-order valence-corrected chi connectivity index (χ0v) is 22.7. The molecule has 2 unspecified atom stereocenters. The Morgan fingerprint density at radius 2 is 1.97 bits per heavy atom. The number of rotatable bonds is 10. The van der Waals surface area contributed by atoms with E-state index in [-0.39, 0.29) is 40.4 Å². The topological polar surface area (TPSA) is 78.9 Å². The molecule has 6 nitrogen and oxygen atoms in total. The van der Waals surface area contributed by atoms with Crippen LogP contribution in [-0.4, -0.2) is 51.9 Å². The highest BCUT2D eigenvalue weighted by atomic mass is 32.2. The van der Waals surface area contributed by atoms with E-state index < -0.39 is 17.1 Å². The number of aldehydes is 1. The van der Waals surface area contributed by atoms with Crippen LogP contribution in [0.15, 0.2) is 0 Å². The van der Waals surface area contributed by atoms with Crippen molar-refractivity contribution in [3.05, 3.63) is 0 Å². The van der Waals surface area contributed by atoms with Crippen LogP contribution >= 0.6 is 33.4 Å². The number of ether oxygens (including phenoxy) is 2. The van der Waals surface area contributed by atoms with Crippen LogP contribution in [0.2, 0.25) is 0 Å². The van der Waals surface area contributed by atoms with Crippen molar-refractivity contribution in [1.29, 1.82) is 0 Å². The van der Waals surface area contributed by atoms with Gasteiger partial charge in [-0.1, -0.05) is 46.4 Å². The summed E-state index contributed by atoms with van der Waals surface area (Å²) in [6.45, 7) is 13.2. The maximum Gasteiger partial charge on any atom is 0.380 e. The SMILES string of the molecule is CC(=O)O[C@H]1C[C@@H](C[C@H](CCC(=O)SC(C)(C)C)OB(P)S)OC(C)(CC=O)C1(C)C. The van der Waals surface area contributed by atoms with Crippen molar-refractivity contribution in [2.75, 3.05) is 0 Å². The summed E-state index contributed by atoms with van der Waals surface area (Å²) in [6.07, 6.45) is 2.05. The number of hydrogen-bond acceptors (Lipinski definition) is 8. The number of hydrogen-bond donors (Lipinski definition) is 1. The van der Waals surface area contributed by atoms with Gasteiger partial charge in [-0.25, -0.2) is 0 Å². The first-order valence-corrected chi connectivity index (χ1v) is 12.7. The lowest BCUT2D eigenvalue weighted by Gasteiger charge is -2.53. The fraction of sp³-hybridized carbons (Fsp3) is 0.857. The zero-order chi connectivity index (χ0) is 24.0. The molecule has 5 atom stereocenters. The Kier molecular flexibility index (Phi) is 11.1. The van der Waals surface area contributed by atoms with Crippen molar-refractivity contribution < 1.29 is 28.5 Å². The molecular weight excluding hydrogens is 454 g/mol. The van der Waals surface area contributed by atoms with Crippen molar-refractivity contribution in [2.45, 2.75) is 109 Å². The molecule has 1 aliphatic heterocycles. The standard InChI is InChI=1S/C21H38BO6PS2/c1-14(24)26-17-13-16(27-21(7,10-11-23)20(17,5)6)12-15(28-22(29)30)8-9-18(25)31-19(2,3)4/h11,15-17,30H,8-10,12-13,29H2,1-7H3/t15-,16+,17-,21?/m0/s1. The van der Waals surface area contributed by atoms with Crippen LogP contribution in [0.25, 0.3) is 0 Å². The van der Waals surface area contributed by atoms with Gasteiger partial charge in [0.25, 0.3) is 0 Å². The largest absolute Gasteiger partial charge is 0.462 e. The Bertz CT molecular complexity index is 640. The Morgan fingerprint density at radius 3 is 2.45 bits per heavy atom. The molecule has 31 heavy (non-hydrogen) atoms. The van der Waals surface area contributed by atoms with Gasteiger partial charge in [0, 0.05) is 42.5 Å². The summed E-state index contributed by atoms with van der Waals surface area (Å²) < 4.78 is 17.9. The summed E-state index contributed by atoms with van der Waals surface area (Å²) in [5.41, 5.74) is -1.33. The third-order valence-electron chi connectivity index (χ3n) is 5.80. The van der Waals surface area contributed by atoms with E-state index in [9.17, 15) is 14.4 Å². The molecule has 1 rings (SSSR count). The second-order valence-corrected chi connectivity index (χ2v) is 13.5. The molecule has 1 heterocycles. The van der Waals surface area contributed by atoms with Gasteiger partial charge in [-0.15, -0.1) is 9.12 Å². The molecule has 1 aliphatic rings. The third kappa shape index (κ3) is 9.36. The Morgan fingerprint density at radius 1 is 1.35 bits per heavy atom. The van der Waals surface area contributed by atoms with E-state index in [1.54, 1.807) is 0 Å². The number of thiol groups is 1. The second-order valence-electron chi connectivity index (χ2n) is 9.91. The maximum absolute atomic E-state index is 12.3. The number of thioether (sulfide) groups is 1. The summed E-state index contributed by atoms with van der Waals surface area (Å²) in [5, 5.41) is 0.120. The van der Waals surface area contributed by atoms with Crippen LogP contribution in [0.4, 0.5) is 0 Å². The van der Waals surface area contributed by atoms with Gasteiger partial charge in [0.05, 0.1) is 11.7 Å². The Balaban J connectivity index is 2.97. The monoisotopic (exact) mass is 492 g/mol. The lowest BCUT2D eigenvalue weighted by molar-refractivity contribution is -0.240. The Hall–Kier alpha value is -0.0751. The highest BCUT2D eigenvalue weighted by Gasteiger charge is 2.54. The molecule has 0 aromatic heterocycles. The quantitative estimate of drug-likeness (QED) is 0.158. The van der Waals surface area contributed by atoms with Crippen molar-refractivity contribution in [3.63, 3.8) is 0 Å². The second kappa shape index (κ2) is 11.9. The molecule has 10 heteroatoms. The molecular formula is C21H38BO6PS2. The van der Waals surface area contributed by atoms with E-state index in [2.05, 4.69) is 21.6 Å². The molecule has 0 bridgehead atoms. The van der Waals surface area contributed by atoms with Gasteiger partial charge in [0.15, 0.2) is 5.12 Å². The van der Waals surface area contributed by atoms with E-state index in [1.807, 2.05) is 41.5 Å². The van der Waals surface area contributed by atoms with Crippen LogP contribution in [0.1, 0.15) is 80.6 Å². The van der Waals surface area contributed by atoms with E-state index >= 15 is 0 Å². The maximum atomic E-state index is 12.3. The fourth-order valence-corrected chi connectivity index (χ4v) is 5.15. The summed E-state index contributed by atoms with van der Waals surface area (Å²) in [7, 11) is 2.49.